The Bertz CT molecular complexity index is 442. The van der Waals surface area contributed by atoms with Crippen molar-refractivity contribution in [2.45, 2.75) is 45.1 Å². The van der Waals surface area contributed by atoms with Gasteiger partial charge in [0.15, 0.2) is 0 Å². The Morgan fingerprint density at radius 2 is 1.85 bits per heavy atom. The van der Waals surface area contributed by atoms with Crippen LogP contribution < -0.4 is 16.0 Å². The van der Waals surface area contributed by atoms with Crippen LogP contribution in [-0.4, -0.2) is 45.3 Å². The second-order valence-electron chi connectivity index (χ2n) is 5.30. The van der Waals surface area contributed by atoms with Gasteiger partial charge in [-0.05, 0) is 25.7 Å². The Labute approximate surface area is 119 Å². The largest absolute Gasteiger partial charge is 0.388 e. The highest BCUT2D eigenvalue weighted by Crippen LogP contribution is 2.19. The molecule has 0 amide bonds. The fourth-order valence-corrected chi connectivity index (χ4v) is 2.26. The molecule has 1 aliphatic rings. The first kappa shape index (κ1) is 14.8. The zero-order chi connectivity index (χ0) is 14.6. The predicted octanol–water partition coefficient (Wildman–Crippen LogP) is 1.02. The predicted molar refractivity (Wildman–Crippen MR) is 79.7 cm³/mol. The van der Waals surface area contributed by atoms with E-state index in [2.05, 4.69) is 25.2 Å². The molecule has 20 heavy (non-hydrogen) atoms. The fourth-order valence-electron chi connectivity index (χ4n) is 2.26. The first-order chi connectivity index (χ1) is 9.56. The maximum Gasteiger partial charge on any atom is 0.231 e. The number of anilines is 3. The monoisotopic (exact) mass is 280 g/mol. The van der Waals surface area contributed by atoms with Crippen molar-refractivity contribution in [3.63, 3.8) is 0 Å². The SMILES string of the molecule is CCC(O)(CC)CNc1nc(N)nc(N2CCCC2)n1. The number of hydrogen-bond acceptors (Lipinski definition) is 7. The minimum Gasteiger partial charge on any atom is -0.388 e. The molecular weight excluding hydrogens is 256 g/mol. The fraction of sp³-hybridized carbons (Fsp3) is 0.769. The quantitative estimate of drug-likeness (QED) is 0.715. The zero-order valence-corrected chi connectivity index (χ0v) is 12.3. The number of nitrogen functional groups attached to an aromatic ring is 1. The molecule has 7 heteroatoms. The maximum absolute atomic E-state index is 10.3. The van der Waals surface area contributed by atoms with Crippen LogP contribution in [-0.2, 0) is 0 Å². The van der Waals surface area contributed by atoms with Gasteiger partial charge in [0.25, 0.3) is 0 Å². The lowest BCUT2D eigenvalue weighted by molar-refractivity contribution is 0.0455. The molecule has 0 bridgehead atoms. The Balaban J connectivity index is 2.08. The summed E-state index contributed by atoms with van der Waals surface area (Å²) in [5, 5.41) is 13.3. The first-order valence-electron chi connectivity index (χ1n) is 7.29. The van der Waals surface area contributed by atoms with Gasteiger partial charge in [0, 0.05) is 19.6 Å². The van der Waals surface area contributed by atoms with E-state index in [9.17, 15) is 5.11 Å². The molecule has 0 aliphatic carbocycles. The molecule has 4 N–H and O–H groups in total. The van der Waals surface area contributed by atoms with E-state index in [4.69, 9.17) is 5.73 Å². The van der Waals surface area contributed by atoms with Crippen molar-refractivity contribution in [1.82, 2.24) is 15.0 Å². The molecule has 0 aromatic carbocycles. The minimum absolute atomic E-state index is 0.209. The molecule has 2 rings (SSSR count). The van der Waals surface area contributed by atoms with E-state index in [1.807, 2.05) is 13.8 Å². The summed E-state index contributed by atoms with van der Waals surface area (Å²) >= 11 is 0. The minimum atomic E-state index is -0.741. The summed E-state index contributed by atoms with van der Waals surface area (Å²) in [4.78, 5) is 14.8. The molecule has 0 atom stereocenters. The molecule has 7 nitrogen and oxygen atoms in total. The van der Waals surface area contributed by atoms with Crippen LogP contribution in [0, 0.1) is 0 Å². The van der Waals surface area contributed by atoms with E-state index >= 15 is 0 Å². The highest BCUT2D eigenvalue weighted by atomic mass is 16.3. The van der Waals surface area contributed by atoms with Crippen molar-refractivity contribution >= 4 is 17.8 Å². The molecule has 0 unspecified atom stereocenters. The molecule has 1 aromatic heterocycles. The molecule has 1 aromatic rings. The first-order valence-corrected chi connectivity index (χ1v) is 7.29. The highest BCUT2D eigenvalue weighted by Gasteiger charge is 2.23. The third-order valence-electron chi connectivity index (χ3n) is 3.92. The van der Waals surface area contributed by atoms with Crippen LogP contribution in [0.15, 0.2) is 0 Å². The average molecular weight is 280 g/mol. The van der Waals surface area contributed by atoms with Crippen LogP contribution in [0.4, 0.5) is 17.8 Å². The van der Waals surface area contributed by atoms with E-state index < -0.39 is 5.60 Å². The summed E-state index contributed by atoms with van der Waals surface area (Å²) in [6, 6.07) is 0. The van der Waals surface area contributed by atoms with Gasteiger partial charge in [0.05, 0.1) is 5.60 Å². The molecule has 1 aliphatic heterocycles. The van der Waals surface area contributed by atoms with Gasteiger partial charge >= 0.3 is 0 Å². The van der Waals surface area contributed by atoms with Crippen LogP contribution >= 0.6 is 0 Å². The van der Waals surface area contributed by atoms with Gasteiger partial charge in [0.2, 0.25) is 17.8 Å². The average Bonchev–Trinajstić information content (AvgIpc) is 2.98. The Kier molecular flexibility index (Phi) is 4.59. The smallest absolute Gasteiger partial charge is 0.231 e. The second-order valence-corrected chi connectivity index (χ2v) is 5.30. The Hall–Kier alpha value is -1.63. The summed E-state index contributed by atoms with van der Waals surface area (Å²) in [7, 11) is 0. The van der Waals surface area contributed by atoms with Gasteiger partial charge in [-0.3, -0.25) is 0 Å². The normalized spacial score (nSPS) is 15.7. The summed E-state index contributed by atoms with van der Waals surface area (Å²) in [5.74, 6) is 1.26. The molecule has 0 radical (unpaired) electrons. The Morgan fingerprint density at radius 1 is 1.20 bits per heavy atom. The van der Waals surface area contributed by atoms with Crippen molar-refractivity contribution in [1.29, 1.82) is 0 Å². The molecule has 0 spiro atoms. The van der Waals surface area contributed by atoms with Gasteiger partial charge in [-0.2, -0.15) is 15.0 Å². The van der Waals surface area contributed by atoms with E-state index in [1.165, 1.54) is 0 Å². The van der Waals surface area contributed by atoms with E-state index in [1.54, 1.807) is 0 Å². The molecule has 112 valence electrons. The van der Waals surface area contributed by atoms with Crippen LogP contribution in [0.2, 0.25) is 0 Å². The molecular formula is C13H24N6O. The topological polar surface area (TPSA) is 100 Å². The van der Waals surface area contributed by atoms with Gasteiger partial charge in [-0.25, -0.2) is 0 Å². The maximum atomic E-state index is 10.3. The summed E-state index contributed by atoms with van der Waals surface area (Å²) in [6.45, 7) is 6.24. The van der Waals surface area contributed by atoms with Crippen LogP contribution in [0.25, 0.3) is 0 Å². The second kappa shape index (κ2) is 6.21. The molecule has 1 saturated heterocycles. The van der Waals surface area contributed by atoms with Crippen LogP contribution in [0.5, 0.6) is 0 Å². The van der Waals surface area contributed by atoms with Gasteiger partial charge in [-0.1, -0.05) is 13.8 Å². The third kappa shape index (κ3) is 3.47. The van der Waals surface area contributed by atoms with E-state index in [-0.39, 0.29) is 5.95 Å². The van der Waals surface area contributed by atoms with E-state index in [0.29, 0.717) is 31.3 Å². The standard InChI is InChI=1S/C13H24N6O/c1-3-13(20,4-2)9-15-11-16-10(14)17-12(18-11)19-7-5-6-8-19/h20H,3-9H2,1-2H3,(H3,14,15,16,17,18). The van der Waals surface area contributed by atoms with Crippen molar-refractivity contribution in [3.05, 3.63) is 0 Å². The Morgan fingerprint density at radius 3 is 2.45 bits per heavy atom. The lowest BCUT2D eigenvalue weighted by atomic mass is 9.98. The lowest BCUT2D eigenvalue weighted by Gasteiger charge is -2.25. The number of nitrogens with one attached hydrogen (secondary N) is 1. The van der Waals surface area contributed by atoms with E-state index in [0.717, 1.165) is 25.9 Å². The number of rotatable bonds is 6. The number of aliphatic hydroxyl groups is 1. The van der Waals surface area contributed by atoms with Crippen molar-refractivity contribution in [2.75, 3.05) is 35.6 Å². The zero-order valence-electron chi connectivity index (χ0n) is 12.3. The van der Waals surface area contributed by atoms with Crippen molar-refractivity contribution in [2.24, 2.45) is 0 Å². The molecule has 0 saturated carbocycles. The van der Waals surface area contributed by atoms with Crippen LogP contribution in [0.1, 0.15) is 39.5 Å². The number of nitrogens with two attached hydrogens (primary N) is 1. The highest BCUT2D eigenvalue weighted by molar-refractivity contribution is 5.42. The number of aromatic nitrogens is 3. The molecule has 1 fully saturated rings. The summed E-state index contributed by atoms with van der Waals surface area (Å²) in [5.41, 5.74) is 5.00. The number of nitrogens with zero attached hydrogens (tertiary/aromatic N) is 4. The third-order valence-corrected chi connectivity index (χ3v) is 3.92. The summed E-state index contributed by atoms with van der Waals surface area (Å²) in [6.07, 6.45) is 3.66. The van der Waals surface area contributed by atoms with Gasteiger partial charge in [0.1, 0.15) is 0 Å². The van der Waals surface area contributed by atoms with Gasteiger partial charge in [-0.15, -0.1) is 0 Å². The molecule has 2 heterocycles. The lowest BCUT2D eigenvalue weighted by Crippen LogP contribution is -2.36. The van der Waals surface area contributed by atoms with Crippen LogP contribution in [0.3, 0.4) is 0 Å². The summed E-state index contributed by atoms with van der Waals surface area (Å²) < 4.78 is 0. The van der Waals surface area contributed by atoms with Gasteiger partial charge < -0.3 is 21.1 Å². The van der Waals surface area contributed by atoms with Crippen molar-refractivity contribution in [3.8, 4) is 0 Å². The van der Waals surface area contributed by atoms with Crippen molar-refractivity contribution < 1.29 is 5.11 Å². The number of hydrogen-bond donors (Lipinski definition) is 3.